The zero-order chi connectivity index (χ0) is 15.3. The van der Waals surface area contributed by atoms with Crippen molar-refractivity contribution in [3.63, 3.8) is 0 Å². The van der Waals surface area contributed by atoms with Gasteiger partial charge in [0, 0.05) is 6.54 Å². The molecule has 0 bridgehead atoms. The Morgan fingerprint density at radius 3 is 2.75 bits per heavy atom. The minimum atomic E-state index is -4.54. The number of aliphatic hydroxyl groups excluding tert-OH is 1. The van der Waals surface area contributed by atoms with Crippen molar-refractivity contribution >= 4 is 17.3 Å². The predicted molar refractivity (Wildman–Crippen MR) is 69.0 cm³/mol. The molecule has 0 saturated carbocycles. The molecule has 0 amide bonds. The molecule has 9 heteroatoms. The van der Waals surface area contributed by atoms with Gasteiger partial charge in [0.1, 0.15) is 11.6 Å². The SMILES string of the molecule is CCC(O)CCNc1cnn(CC(F)(F)F)c(=O)c1Cl. The average molecular weight is 314 g/mol. The van der Waals surface area contributed by atoms with Crippen LogP contribution in [-0.4, -0.2) is 33.7 Å². The lowest BCUT2D eigenvalue weighted by atomic mass is 10.2. The zero-order valence-electron chi connectivity index (χ0n) is 10.7. The minimum Gasteiger partial charge on any atom is -0.393 e. The largest absolute Gasteiger partial charge is 0.408 e. The van der Waals surface area contributed by atoms with Gasteiger partial charge in [-0.25, -0.2) is 4.68 Å². The predicted octanol–water partition coefficient (Wildman–Crippen LogP) is 2.03. The molecule has 1 aromatic rings. The Morgan fingerprint density at radius 1 is 1.55 bits per heavy atom. The maximum absolute atomic E-state index is 12.2. The van der Waals surface area contributed by atoms with E-state index in [4.69, 9.17) is 11.6 Å². The second-order valence-corrected chi connectivity index (χ2v) is 4.61. The van der Waals surface area contributed by atoms with Crippen molar-refractivity contribution in [2.75, 3.05) is 11.9 Å². The highest BCUT2D eigenvalue weighted by Gasteiger charge is 2.29. The van der Waals surface area contributed by atoms with Crippen LogP contribution in [0.5, 0.6) is 0 Å². The van der Waals surface area contributed by atoms with Gasteiger partial charge in [-0.1, -0.05) is 18.5 Å². The number of hydrogen-bond donors (Lipinski definition) is 2. The first kappa shape index (κ1) is 16.8. The van der Waals surface area contributed by atoms with Crippen LogP contribution in [0, 0.1) is 0 Å². The van der Waals surface area contributed by atoms with Crippen molar-refractivity contribution in [2.24, 2.45) is 0 Å². The van der Waals surface area contributed by atoms with E-state index in [2.05, 4.69) is 10.4 Å². The summed E-state index contributed by atoms with van der Waals surface area (Å²) >= 11 is 5.71. The van der Waals surface area contributed by atoms with E-state index in [0.717, 1.165) is 6.20 Å². The lowest BCUT2D eigenvalue weighted by Crippen LogP contribution is -2.31. The lowest BCUT2D eigenvalue weighted by molar-refractivity contribution is -0.143. The summed E-state index contributed by atoms with van der Waals surface area (Å²) < 4.78 is 36.9. The third-order valence-corrected chi connectivity index (χ3v) is 2.94. The van der Waals surface area contributed by atoms with Gasteiger partial charge >= 0.3 is 6.18 Å². The number of aliphatic hydroxyl groups is 1. The molecule has 1 aromatic heterocycles. The molecule has 0 radical (unpaired) electrons. The molecular formula is C11H15ClF3N3O2. The van der Waals surface area contributed by atoms with Gasteiger partial charge in [0.05, 0.1) is 18.0 Å². The van der Waals surface area contributed by atoms with Crippen LogP contribution in [0.4, 0.5) is 18.9 Å². The fourth-order valence-corrected chi connectivity index (χ4v) is 1.66. The summed E-state index contributed by atoms with van der Waals surface area (Å²) in [5.74, 6) is 0. The number of nitrogens with zero attached hydrogens (tertiary/aromatic N) is 2. The van der Waals surface area contributed by atoms with Crippen LogP contribution in [0.1, 0.15) is 19.8 Å². The highest BCUT2D eigenvalue weighted by Crippen LogP contribution is 2.19. The molecule has 0 aliphatic heterocycles. The maximum Gasteiger partial charge on any atom is 0.408 e. The molecule has 20 heavy (non-hydrogen) atoms. The Balaban J connectivity index is 2.77. The number of halogens is 4. The number of alkyl halides is 3. The van der Waals surface area contributed by atoms with E-state index in [9.17, 15) is 23.1 Å². The summed E-state index contributed by atoms with van der Waals surface area (Å²) in [6, 6.07) is 0. The lowest BCUT2D eigenvalue weighted by Gasteiger charge is -2.12. The highest BCUT2D eigenvalue weighted by molar-refractivity contribution is 6.32. The summed E-state index contributed by atoms with van der Waals surface area (Å²) in [5.41, 5.74) is -0.858. The van der Waals surface area contributed by atoms with Gasteiger partial charge in [0.2, 0.25) is 0 Å². The smallest absolute Gasteiger partial charge is 0.393 e. The summed E-state index contributed by atoms with van der Waals surface area (Å²) in [7, 11) is 0. The van der Waals surface area contributed by atoms with E-state index >= 15 is 0 Å². The molecule has 0 aliphatic carbocycles. The van der Waals surface area contributed by atoms with Gasteiger partial charge in [0.25, 0.3) is 5.56 Å². The number of aromatic nitrogens is 2. The Kier molecular flexibility index (Phi) is 5.82. The van der Waals surface area contributed by atoms with E-state index in [1.807, 2.05) is 6.92 Å². The van der Waals surface area contributed by atoms with Crippen LogP contribution in [0.3, 0.4) is 0 Å². The fourth-order valence-electron chi connectivity index (χ4n) is 1.45. The summed E-state index contributed by atoms with van der Waals surface area (Å²) in [5, 5.41) is 15.2. The molecular weight excluding hydrogens is 299 g/mol. The first-order valence-electron chi connectivity index (χ1n) is 5.99. The second-order valence-electron chi connectivity index (χ2n) is 4.23. The van der Waals surface area contributed by atoms with Crippen molar-refractivity contribution in [1.82, 2.24) is 9.78 Å². The molecule has 5 nitrogen and oxygen atoms in total. The molecule has 1 heterocycles. The van der Waals surface area contributed by atoms with Crippen molar-refractivity contribution in [3.05, 3.63) is 21.6 Å². The van der Waals surface area contributed by atoms with Crippen LogP contribution in [0.25, 0.3) is 0 Å². The molecule has 1 atom stereocenters. The summed E-state index contributed by atoms with van der Waals surface area (Å²) in [4.78, 5) is 11.6. The van der Waals surface area contributed by atoms with Crippen molar-refractivity contribution in [1.29, 1.82) is 0 Å². The number of anilines is 1. The van der Waals surface area contributed by atoms with Gasteiger partial charge in [0.15, 0.2) is 0 Å². The molecule has 0 saturated heterocycles. The Morgan fingerprint density at radius 2 is 2.20 bits per heavy atom. The normalized spacial score (nSPS) is 13.3. The van der Waals surface area contributed by atoms with Crippen molar-refractivity contribution < 1.29 is 18.3 Å². The van der Waals surface area contributed by atoms with Crippen molar-refractivity contribution in [3.8, 4) is 0 Å². The Bertz CT molecular complexity index is 505. The number of rotatable bonds is 6. The molecule has 2 N–H and O–H groups in total. The van der Waals surface area contributed by atoms with Crippen LogP contribution in [0.15, 0.2) is 11.0 Å². The van der Waals surface area contributed by atoms with Crippen LogP contribution >= 0.6 is 11.6 Å². The quantitative estimate of drug-likeness (QED) is 0.843. The summed E-state index contributed by atoms with van der Waals surface area (Å²) in [6.07, 6.45) is -2.95. The first-order valence-corrected chi connectivity index (χ1v) is 6.36. The molecule has 0 spiro atoms. The van der Waals surface area contributed by atoms with Gasteiger partial charge in [-0.2, -0.15) is 18.3 Å². The minimum absolute atomic E-state index is 0.151. The Hall–Kier alpha value is -1.28. The number of hydrogen-bond acceptors (Lipinski definition) is 4. The Labute approximate surface area is 118 Å². The molecule has 1 rings (SSSR count). The van der Waals surface area contributed by atoms with Gasteiger partial charge in [-0.3, -0.25) is 4.79 Å². The van der Waals surface area contributed by atoms with Crippen molar-refractivity contribution in [2.45, 2.75) is 38.6 Å². The monoisotopic (exact) mass is 313 g/mol. The zero-order valence-corrected chi connectivity index (χ0v) is 11.5. The van der Waals surface area contributed by atoms with E-state index in [0.29, 0.717) is 19.4 Å². The van der Waals surface area contributed by atoms with E-state index in [-0.39, 0.29) is 15.4 Å². The molecule has 1 unspecified atom stereocenters. The maximum atomic E-state index is 12.2. The standard InChI is InChI=1S/C11H15ClF3N3O2/c1-2-7(19)3-4-16-8-5-17-18(6-11(13,14)15)10(20)9(8)12/h5,7,16,19H,2-4,6H2,1H3. The van der Waals surface area contributed by atoms with E-state index in [1.54, 1.807) is 0 Å². The third kappa shape index (κ3) is 5.01. The second kappa shape index (κ2) is 6.94. The van der Waals surface area contributed by atoms with E-state index in [1.165, 1.54) is 0 Å². The third-order valence-electron chi connectivity index (χ3n) is 2.58. The molecule has 0 aliphatic rings. The molecule has 114 valence electrons. The molecule has 0 aromatic carbocycles. The summed E-state index contributed by atoms with van der Waals surface area (Å²) in [6.45, 7) is 0.664. The van der Waals surface area contributed by atoms with Crippen LogP contribution in [-0.2, 0) is 6.54 Å². The van der Waals surface area contributed by atoms with Crippen LogP contribution in [0.2, 0.25) is 5.02 Å². The van der Waals surface area contributed by atoms with Crippen LogP contribution < -0.4 is 10.9 Å². The average Bonchev–Trinajstić information content (AvgIpc) is 2.36. The van der Waals surface area contributed by atoms with Gasteiger partial charge in [-0.15, -0.1) is 0 Å². The molecule has 0 fully saturated rings. The topological polar surface area (TPSA) is 67.2 Å². The highest BCUT2D eigenvalue weighted by atomic mass is 35.5. The van der Waals surface area contributed by atoms with Gasteiger partial charge < -0.3 is 10.4 Å². The van der Waals surface area contributed by atoms with E-state index < -0.39 is 24.4 Å². The van der Waals surface area contributed by atoms with Gasteiger partial charge in [-0.05, 0) is 12.8 Å². The fraction of sp³-hybridized carbons (Fsp3) is 0.636. The number of nitrogens with one attached hydrogen (secondary N) is 1. The first-order chi connectivity index (χ1) is 9.24.